The van der Waals surface area contributed by atoms with Gasteiger partial charge in [-0.3, -0.25) is 9.88 Å². The molecule has 1 saturated heterocycles. The number of benzene rings is 2. The summed E-state index contributed by atoms with van der Waals surface area (Å²) < 4.78 is 0. The molecule has 5 rings (SSSR count). The molecule has 0 bridgehead atoms. The van der Waals surface area contributed by atoms with Gasteiger partial charge in [0.1, 0.15) is 5.75 Å². The number of piperazine rings is 1. The molecule has 1 aromatic heterocycles. The standard InChI is InChI=1S/C28H31N3O/c1-19-4-7-23(16-27(19)32)28-20(2)14-26-25(28)15-24(17-29-26)22-8-5-21(6-9-22)18-31-12-10-30(3)11-13-31/h4-9,15-17,32H,10-14,18H2,1-3H3. The molecule has 1 aliphatic carbocycles. The average molecular weight is 426 g/mol. The minimum absolute atomic E-state index is 0.344. The van der Waals surface area contributed by atoms with Crippen molar-refractivity contribution in [3.63, 3.8) is 0 Å². The maximum absolute atomic E-state index is 10.2. The molecule has 0 spiro atoms. The summed E-state index contributed by atoms with van der Waals surface area (Å²) in [6.07, 6.45) is 2.86. The zero-order chi connectivity index (χ0) is 22.2. The molecule has 3 aromatic rings. The highest BCUT2D eigenvalue weighted by molar-refractivity contribution is 5.88. The number of fused-ring (bicyclic) bond motifs is 1. The van der Waals surface area contributed by atoms with E-state index in [2.05, 4.69) is 60.2 Å². The summed E-state index contributed by atoms with van der Waals surface area (Å²) in [6.45, 7) is 9.67. The van der Waals surface area contributed by atoms with Crippen LogP contribution in [0.2, 0.25) is 0 Å². The van der Waals surface area contributed by atoms with Crippen LogP contribution in [0.1, 0.15) is 34.9 Å². The minimum atomic E-state index is 0.344. The van der Waals surface area contributed by atoms with E-state index in [1.165, 1.54) is 27.8 Å². The molecule has 0 amide bonds. The molecule has 32 heavy (non-hydrogen) atoms. The van der Waals surface area contributed by atoms with Crippen LogP contribution in [0, 0.1) is 6.92 Å². The molecule has 2 heterocycles. The lowest BCUT2D eigenvalue weighted by molar-refractivity contribution is 0.148. The van der Waals surface area contributed by atoms with Crippen molar-refractivity contribution in [2.75, 3.05) is 33.2 Å². The van der Waals surface area contributed by atoms with Gasteiger partial charge in [-0.1, -0.05) is 42.0 Å². The molecule has 2 aromatic carbocycles. The van der Waals surface area contributed by atoms with Gasteiger partial charge in [-0.15, -0.1) is 0 Å². The van der Waals surface area contributed by atoms with Crippen molar-refractivity contribution in [1.82, 2.24) is 14.8 Å². The van der Waals surface area contributed by atoms with Crippen LogP contribution in [-0.4, -0.2) is 53.1 Å². The number of pyridine rings is 1. The van der Waals surface area contributed by atoms with Gasteiger partial charge in [-0.2, -0.15) is 0 Å². The van der Waals surface area contributed by atoms with Gasteiger partial charge in [0.2, 0.25) is 0 Å². The smallest absolute Gasteiger partial charge is 0.119 e. The molecule has 4 heteroatoms. The summed E-state index contributed by atoms with van der Waals surface area (Å²) in [5.41, 5.74) is 10.5. The zero-order valence-corrected chi connectivity index (χ0v) is 19.2. The third kappa shape index (κ3) is 4.08. The second-order valence-corrected chi connectivity index (χ2v) is 9.33. The Morgan fingerprint density at radius 1 is 0.875 bits per heavy atom. The van der Waals surface area contributed by atoms with Crippen molar-refractivity contribution in [3.05, 3.63) is 88.2 Å². The number of hydrogen-bond donors (Lipinski definition) is 1. The second kappa shape index (κ2) is 8.53. The van der Waals surface area contributed by atoms with Crippen LogP contribution < -0.4 is 0 Å². The van der Waals surface area contributed by atoms with E-state index in [0.717, 1.165) is 61.5 Å². The van der Waals surface area contributed by atoms with Gasteiger partial charge in [-0.05, 0) is 60.9 Å². The van der Waals surface area contributed by atoms with Crippen molar-refractivity contribution in [2.24, 2.45) is 0 Å². The zero-order valence-electron chi connectivity index (χ0n) is 19.2. The lowest BCUT2D eigenvalue weighted by Gasteiger charge is -2.32. The summed E-state index contributed by atoms with van der Waals surface area (Å²) in [5, 5.41) is 10.2. The SMILES string of the molecule is CC1=C(c2ccc(C)c(O)c2)c2cc(-c3ccc(CN4CCN(C)CC4)cc3)cnc2C1. The molecule has 1 aliphatic heterocycles. The molecule has 0 atom stereocenters. The number of rotatable bonds is 4. The Morgan fingerprint density at radius 2 is 1.59 bits per heavy atom. The monoisotopic (exact) mass is 425 g/mol. The maximum atomic E-state index is 10.2. The van der Waals surface area contributed by atoms with Crippen LogP contribution >= 0.6 is 0 Å². The van der Waals surface area contributed by atoms with Crippen molar-refractivity contribution in [1.29, 1.82) is 0 Å². The lowest BCUT2D eigenvalue weighted by Crippen LogP contribution is -2.43. The average Bonchev–Trinajstić information content (AvgIpc) is 3.13. The van der Waals surface area contributed by atoms with E-state index in [4.69, 9.17) is 4.98 Å². The Balaban J connectivity index is 1.39. The Morgan fingerprint density at radius 3 is 2.31 bits per heavy atom. The quantitative estimate of drug-likeness (QED) is 0.646. The van der Waals surface area contributed by atoms with Crippen LogP contribution in [0.15, 0.2) is 60.3 Å². The van der Waals surface area contributed by atoms with Crippen molar-refractivity contribution >= 4 is 5.57 Å². The van der Waals surface area contributed by atoms with Gasteiger partial charge in [-0.25, -0.2) is 0 Å². The number of aromatic nitrogens is 1. The number of nitrogens with zero attached hydrogens (tertiary/aromatic N) is 3. The molecule has 4 nitrogen and oxygen atoms in total. The van der Waals surface area contributed by atoms with Crippen molar-refractivity contribution < 1.29 is 5.11 Å². The first-order valence-electron chi connectivity index (χ1n) is 11.5. The molecular weight excluding hydrogens is 394 g/mol. The van der Waals surface area contributed by atoms with Gasteiger partial charge < -0.3 is 10.0 Å². The van der Waals surface area contributed by atoms with Crippen LogP contribution in [-0.2, 0) is 13.0 Å². The second-order valence-electron chi connectivity index (χ2n) is 9.33. The van der Waals surface area contributed by atoms with E-state index >= 15 is 0 Å². The number of hydrogen-bond acceptors (Lipinski definition) is 4. The molecule has 164 valence electrons. The molecule has 0 unspecified atom stereocenters. The van der Waals surface area contributed by atoms with Gasteiger partial charge >= 0.3 is 0 Å². The topological polar surface area (TPSA) is 39.6 Å². The molecule has 0 radical (unpaired) electrons. The predicted molar refractivity (Wildman–Crippen MR) is 131 cm³/mol. The van der Waals surface area contributed by atoms with E-state index in [-0.39, 0.29) is 0 Å². The fourth-order valence-corrected chi connectivity index (χ4v) is 4.81. The Bertz CT molecular complexity index is 1170. The van der Waals surface area contributed by atoms with Crippen LogP contribution in [0.25, 0.3) is 16.7 Å². The van der Waals surface area contributed by atoms with Crippen LogP contribution in [0.5, 0.6) is 5.75 Å². The summed E-state index contributed by atoms with van der Waals surface area (Å²) in [7, 11) is 2.19. The van der Waals surface area contributed by atoms with Crippen LogP contribution in [0.4, 0.5) is 0 Å². The summed E-state index contributed by atoms with van der Waals surface area (Å²) in [4.78, 5) is 9.73. The highest BCUT2D eigenvalue weighted by atomic mass is 16.3. The molecule has 1 fully saturated rings. The third-order valence-corrected chi connectivity index (χ3v) is 6.89. The maximum Gasteiger partial charge on any atom is 0.119 e. The fourth-order valence-electron chi connectivity index (χ4n) is 4.81. The van der Waals surface area contributed by atoms with E-state index < -0.39 is 0 Å². The Labute approximate surface area is 190 Å². The van der Waals surface area contributed by atoms with Gasteiger partial charge in [0.25, 0.3) is 0 Å². The minimum Gasteiger partial charge on any atom is -0.508 e. The van der Waals surface area contributed by atoms with E-state index in [1.54, 1.807) is 0 Å². The highest BCUT2D eigenvalue weighted by Gasteiger charge is 2.23. The Kier molecular flexibility index (Phi) is 5.58. The summed E-state index contributed by atoms with van der Waals surface area (Å²) >= 11 is 0. The fraction of sp³-hybridized carbons (Fsp3) is 0.321. The van der Waals surface area contributed by atoms with Crippen LogP contribution in [0.3, 0.4) is 0 Å². The first kappa shape index (κ1) is 20.9. The molecule has 2 aliphatic rings. The normalized spacial score (nSPS) is 17.1. The first-order valence-corrected chi connectivity index (χ1v) is 11.5. The molecule has 0 saturated carbocycles. The summed E-state index contributed by atoms with van der Waals surface area (Å²) in [6, 6.07) is 17.2. The first-order chi connectivity index (χ1) is 15.5. The third-order valence-electron chi connectivity index (χ3n) is 6.89. The van der Waals surface area contributed by atoms with E-state index in [9.17, 15) is 5.11 Å². The summed E-state index contributed by atoms with van der Waals surface area (Å²) in [5.74, 6) is 0.344. The number of phenols is 1. The number of likely N-dealkylation sites (N-methyl/N-ethyl adjacent to an activating group) is 1. The van der Waals surface area contributed by atoms with Gasteiger partial charge in [0.05, 0.1) is 5.69 Å². The highest BCUT2D eigenvalue weighted by Crippen LogP contribution is 2.39. The largest absolute Gasteiger partial charge is 0.508 e. The van der Waals surface area contributed by atoms with Crippen molar-refractivity contribution in [2.45, 2.75) is 26.8 Å². The molecule has 1 N–H and O–H groups in total. The van der Waals surface area contributed by atoms with Gasteiger partial charge in [0.15, 0.2) is 0 Å². The Hall–Kier alpha value is -2.95. The van der Waals surface area contributed by atoms with E-state index in [1.807, 2.05) is 25.3 Å². The lowest BCUT2D eigenvalue weighted by atomic mass is 9.95. The molecular formula is C28H31N3O. The number of allylic oxidation sites excluding steroid dienone is 1. The number of phenolic OH excluding ortho intramolecular Hbond substituents is 1. The van der Waals surface area contributed by atoms with E-state index in [0.29, 0.717) is 5.75 Å². The van der Waals surface area contributed by atoms with Gasteiger partial charge in [0, 0.05) is 56.5 Å². The predicted octanol–water partition coefficient (Wildman–Crippen LogP) is 4.89. The van der Waals surface area contributed by atoms with Crippen molar-refractivity contribution in [3.8, 4) is 16.9 Å². The number of aryl methyl sites for hydroxylation is 1. The number of aromatic hydroxyl groups is 1.